The predicted molar refractivity (Wildman–Crippen MR) is 71.9 cm³/mol. The topological polar surface area (TPSA) is 74.7 Å². The van der Waals surface area contributed by atoms with Gasteiger partial charge in [-0.25, -0.2) is 4.98 Å². The van der Waals surface area contributed by atoms with E-state index in [4.69, 9.17) is 11.0 Å². The molecule has 90 valence electrons. The molecule has 1 heterocycles. The van der Waals surface area contributed by atoms with Crippen molar-refractivity contribution in [3.05, 3.63) is 53.2 Å². The third-order valence-electron chi connectivity index (χ3n) is 2.59. The summed E-state index contributed by atoms with van der Waals surface area (Å²) < 4.78 is 0. The van der Waals surface area contributed by atoms with Crippen LogP contribution in [0.3, 0.4) is 0 Å². The zero-order valence-electron chi connectivity index (χ0n) is 10.1. The number of pyridine rings is 1. The first-order valence-corrected chi connectivity index (χ1v) is 5.65. The molecular weight excluding hydrogens is 224 g/mol. The van der Waals surface area contributed by atoms with Crippen molar-refractivity contribution in [2.45, 2.75) is 13.5 Å². The number of nitrogen functional groups attached to an aromatic ring is 1. The normalized spacial score (nSPS) is 9.78. The van der Waals surface area contributed by atoms with Crippen LogP contribution < -0.4 is 11.1 Å². The molecule has 0 radical (unpaired) electrons. The zero-order valence-corrected chi connectivity index (χ0v) is 10.1. The van der Waals surface area contributed by atoms with Crippen molar-refractivity contribution in [2.75, 3.05) is 11.1 Å². The van der Waals surface area contributed by atoms with E-state index in [2.05, 4.69) is 29.4 Å². The highest BCUT2D eigenvalue weighted by Gasteiger charge is 2.01. The third-order valence-corrected chi connectivity index (χ3v) is 2.59. The number of benzene rings is 1. The van der Waals surface area contributed by atoms with Crippen LogP contribution in [0, 0.1) is 18.3 Å². The number of rotatable bonds is 3. The minimum Gasteiger partial charge on any atom is -0.396 e. The van der Waals surface area contributed by atoms with Gasteiger partial charge in [-0.3, -0.25) is 0 Å². The lowest BCUT2D eigenvalue weighted by Gasteiger charge is -2.07. The lowest BCUT2D eigenvalue weighted by atomic mass is 10.1. The van der Waals surface area contributed by atoms with Crippen molar-refractivity contribution < 1.29 is 0 Å². The molecule has 2 rings (SSSR count). The number of nitrogens with two attached hydrogens (primary N) is 1. The Hall–Kier alpha value is -2.54. The summed E-state index contributed by atoms with van der Waals surface area (Å²) in [4.78, 5) is 4.13. The molecule has 0 aliphatic heterocycles. The highest BCUT2D eigenvalue weighted by atomic mass is 15.0. The van der Waals surface area contributed by atoms with Gasteiger partial charge >= 0.3 is 0 Å². The molecule has 0 aliphatic carbocycles. The number of aryl methyl sites for hydroxylation is 1. The number of aromatic nitrogens is 1. The molecule has 2 aromatic rings. The highest BCUT2D eigenvalue weighted by Crippen LogP contribution is 2.13. The van der Waals surface area contributed by atoms with Gasteiger partial charge in [0, 0.05) is 6.54 Å². The Balaban J connectivity index is 2.09. The molecule has 0 unspecified atom stereocenters. The van der Waals surface area contributed by atoms with Gasteiger partial charge in [0.15, 0.2) is 5.69 Å². The van der Waals surface area contributed by atoms with Gasteiger partial charge in [-0.15, -0.1) is 0 Å². The fourth-order valence-corrected chi connectivity index (χ4v) is 1.67. The van der Waals surface area contributed by atoms with Gasteiger partial charge in [0.05, 0.1) is 5.69 Å². The van der Waals surface area contributed by atoms with Crippen LogP contribution in [0.15, 0.2) is 36.4 Å². The number of nitrogens with one attached hydrogen (secondary N) is 1. The van der Waals surface area contributed by atoms with Crippen molar-refractivity contribution in [2.24, 2.45) is 0 Å². The van der Waals surface area contributed by atoms with Crippen LogP contribution in [-0.2, 0) is 6.54 Å². The molecule has 0 spiro atoms. The van der Waals surface area contributed by atoms with Crippen molar-refractivity contribution in [3.8, 4) is 6.07 Å². The molecule has 1 aromatic heterocycles. The molecule has 4 nitrogen and oxygen atoms in total. The van der Waals surface area contributed by atoms with Crippen LogP contribution in [0.1, 0.15) is 16.8 Å². The molecule has 0 aliphatic rings. The summed E-state index contributed by atoms with van der Waals surface area (Å²) in [6, 6.07) is 13.6. The van der Waals surface area contributed by atoms with E-state index in [1.807, 2.05) is 18.2 Å². The molecule has 0 bridgehead atoms. The maximum absolute atomic E-state index is 8.84. The van der Waals surface area contributed by atoms with E-state index in [0.717, 1.165) is 0 Å². The van der Waals surface area contributed by atoms with Gasteiger partial charge in [0.25, 0.3) is 0 Å². The summed E-state index contributed by atoms with van der Waals surface area (Å²) in [6.07, 6.45) is 0. The smallest absolute Gasteiger partial charge is 0.165 e. The van der Waals surface area contributed by atoms with E-state index in [1.54, 1.807) is 12.1 Å². The van der Waals surface area contributed by atoms with E-state index < -0.39 is 0 Å². The Morgan fingerprint density at radius 2 is 2.17 bits per heavy atom. The van der Waals surface area contributed by atoms with Gasteiger partial charge in [-0.05, 0) is 24.6 Å². The molecule has 0 amide bonds. The molecule has 0 saturated heterocycles. The first-order valence-electron chi connectivity index (χ1n) is 5.65. The largest absolute Gasteiger partial charge is 0.396 e. The number of nitriles is 1. The summed E-state index contributed by atoms with van der Waals surface area (Å²) in [5.41, 5.74) is 8.66. The minimum absolute atomic E-state index is 0.254. The van der Waals surface area contributed by atoms with Gasteiger partial charge in [0.1, 0.15) is 11.9 Å². The summed E-state index contributed by atoms with van der Waals surface area (Å²) in [5.74, 6) is 0.655. The second kappa shape index (κ2) is 5.19. The average molecular weight is 238 g/mol. The summed E-state index contributed by atoms with van der Waals surface area (Å²) >= 11 is 0. The van der Waals surface area contributed by atoms with Gasteiger partial charge < -0.3 is 11.1 Å². The fraction of sp³-hybridized carbons (Fsp3) is 0.143. The number of anilines is 2. The highest BCUT2D eigenvalue weighted by molar-refractivity contribution is 5.54. The molecular formula is C14H14N4. The van der Waals surface area contributed by atoms with Crippen LogP contribution in [0.4, 0.5) is 11.5 Å². The summed E-state index contributed by atoms with van der Waals surface area (Å²) in [7, 11) is 0. The van der Waals surface area contributed by atoms with Crippen LogP contribution in [-0.4, -0.2) is 4.98 Å². The maximum Gasteiger partial charge on any atom is 0.165 e. The Morgan fingerprint density at radius 3 is 2.89 bits per heavy atom. The van der Waals surface area contributed by atoms with E-state index >= 15 is 0 Å². The average Bonchev–Trinajstić information content (AvgIpc) is 2.38. The molecule has 0 fully saturated rings. The first kappa shape index (κ1) is 11.9. The van der Waals surface area contributed by atoms with Crippen molar-refractivity contribution >= 4 is 11.5 Å². The molecule has 3 N–H and O–H groups in total. The monoisotopic (exact) mass is 238 g/mol. The molecule has 0 atom stereocenters. The number of nitrogens with zero attached hydrogens (tertiary/aromatic N) is 2. The van der Waals surface area contributed by atoms with E-state index in [9.17, 15) is 0 Å². The fourth-order valence-electron chi connectivity index (χ4n) is 1.67. The van der Waals surface area contributed by atoms with Crippen LogP contribution in [0.5, 0.6) is 0 Å². The number of hydrogen-bond acceptors (Lipinski definition) is 4. The van der Waals surface area contributed by atoms with Crippen molar-refractivity contribution in [3.63, 3.8) is 0 Å². The Labute approximate surface area is 106 Å². The van der Waals surface area contributed by atoms with Crippen LogP contribution in [0.25, 0.3) is 0 Å². The predicted octanol–water partition coefficient (Wildman–Crippen LogP) is 2.46. The Morgan fingerprint density at radius 1 is 1.33 bits per heavy atom. The maximum atomic E-state index is 8.84. The van der Waals surface area contributed by atoms with Crippen molar-refractivity contribution in [1.29, 1.82) is 5.26 Å². The minimum atomic E-state index is 0.254. The summed E-state index contributed by atoms with van der Waals surface area (Å²) in [5, 5.41) is 12.0. The van der Waals surface area contributed by atoms with E-state index in [-0.39, 0.29) is 5.69 Å². The van der Waals surface area contributed by atoms with E-state index in [0.29, 0.717) is 18.1 Å². The van der Waals surface area contributed by atoms with Gasteiger partial charge in [-0.1, -0.05) is 29.8 Å². The number of hydrogen-bond donors (Lipinski definition) is 2. The molecule has 0 saturated carbocycles. The Kier molecular flexibility index (Phi) is 3.44. The van der Waals surface area contributed by atoms with Gasteiger partial charge in [0.2, 0.25) is 0 Å². The third kappa shape index (κ3) is 2.77. The van der Waals surface area contributed by atoms with Gasteiger partial charge in [-0.2, -0.15) is 5.26 Å². The van der Waals surface area contributed by atoms with Crippen LogP contribution >= 0.6 is 0 Å². The van der Waals surface area contributed by atoms with Crippen LogP contribution in [0.2, 0.25) is 0 Å². The zero-order chi connectivity index (χ0) is 13.0. The summed E-state index contributed by atoms with van der Waals surface area (Å²) in [6.45, 7) is 2.72. The SMILES string of the molecule is Cc1cccc(CNc2ccc(N)c(C#N)n2)c1. The quantitative estimate of drug-likeness (QED) is 0.861. The standard InChI is InChI=1S/C14H14N4/c1-10-3-2-4-11(7-10)9-17-14-6-5-12(16)13(8-15)18-14/h2-7H,9,16H2,1H3,(H,17,18). The lowest BCUT2D eigenvalue weighted by Crippen LogP contribution is -2.03. The second-order valence-corrected chi connectivity index (χ2v) is 4.09. The Bertz CT molecular complexity index is 599. The molecule has 18 heavy (non-hydrogen) atoms. The van der Waals surface area contributed by atoms with Crippen molar-refractivity contribution in [1.82, 2.24) is 4.98 Å². The molecule has 1 aromatic carbocycles. The van der Waals surface area contributed by atoms with E-state index in [1.165, 1.54) is 11.1 Å². The molecule has 4 heteroatoms. The second-order valence-electron chi connectivity index (χ2n) is 4.09. The first-order chi connectivity index (χ1) is 8.69. The lowest BCUT2D eigenvalue weighted by molar-refractivity contribution is 1.10.